The molecule has 0 unspecified atom stereocenters. The van der Waals surface area contributed by atoms with Gasteiger partial charge in [-0.25, -0.2) is 0 Å². The SMILES string of the molecule is CCCCCCCCCCCCCCC(=O)O[C@H](COC(=O)CCCCCCCCCCCCCC(C)C)COC(=O)CCCCCCCCC(C)C. The van der Waals surface area contributed by atoms with Crippen molar-refractivity contribution in [2.75, 3.05) is 13.2 Å². The Labute approximate surface area is 329 Å². The van der Waals surface area contributed by atoms with Crippen molar-refractivity contribution in [3.05, 3.63) is 0 Å². The fraction of sp³-hybridized carbons (Fsp3) is 0.936. The smallest absolute Gasteiger partial charge is 0.306 e. The van der Waals surface area contributed by atoms with Crippen molar-refractivity contribution in [1.82, 2.24) is 0 Å². The standard InChI is InChI=1S/C47H90O6/c1-6-7-8-9-10-11-12-15-19-22-29-34-39-47(50)53-44(41-52-46(49)38-33-28-24-23-26-31-36-43(4)5)40-51-45(48)37-32-27-21-18-16-13-14-17-20-25-30-35-42(2)3/h42-44H,6-41H2,1-5H3/t44-/m1/s1. The summed E-state index contributed by atoms with van der Waals surface area (Å²) in [5.74, 6) is 0.730. The van der Waals surface area contributed by atoms with E-state index in [1.165, 1.54) is 141 Å². The van der Waals surface area contributed by atoms with Gasteiger partial charge in [0.15, 0.2) is 6.10 Å². The molecule has 0 N–H and O–H groups in total. The summed E-state index contributed by atoms with van der Waals surface area (Å²) in [6.07, 6.45) is 38.1. The maximum Gasteiger partial charge on any atom is 0.306 e. The number of rotatable bonds is 41. The molecule has 0 aromatic rings. The first-order valence-electron chi connectivity index (χ1n) is 23.2. The van der Waals surface area contributed by atoms with E-state index in [0.717, 1.165) is 69.6 Å². The summed E-state index contributed by atoms with van der Waals surface area (Å²) >= 11 is 0. The molecule has 1 atom stereocenters. The minimum Gasteiger partial charge on any atom is -0.462 e. The Balaban J connectivity index is 4.31. The molecule has 0 spiro atoms. The molecule has 6 heteroatoms. The summed E-state index contributed by atoms with van der Waals surface area (Å²) in [6.45, 7) is 11.3. The van der Waals surface area contributed by atoms with Crippen LogP contribution in [0.15, 0.2) is 0 Å². The zero-order valence-corrected chi connectivity index (χ0v) is 36.1. The number of carbonyl (C=O) groups is 3. The van der Waals surface area contributed by atoms with E-state index in [1.54, 1.807) is 0 Å². The normalized spacial score (nSPS) is 12.1. The van der Waals surface area contributed by atoms with Crippen molar-refractivity contribution in [3.8, 4) is 0 Å². The van der Waals surface area contributed by atoms with Gasteiger partial charge in [0.05, 0.1) is 0 Å². The second kappa shape index (κ2) is 40.1. The molecule has 0 aromatic carbocycles. The van der Waals surface area contributed by atoms with E-state index in [4.69, 9.17) is 14.2 Å². The second-order valence-corrected chi connectivity index (χ2v) is 17.0. The molecule has 0 bridgehead atoms. The zero-order chi connectivity index (χ0) is 39.0. The van der Waals surface area contributed by atoms with Crippen LogP contribution >= 0.6 is 0 Å². The topological polar surface area (TPSA) is 78.9 Å². The summed E-state index contributed by atoms with van der Waals surface area (Å²) in [6, 6.07) is 0. The molecular weight excluding hydrogens is 661 g/mol. The minimum atomic E-state index is -0.760. The Morgan fingerprint density at radius 1 is 0.358 bits per heavy atom. The van der Waals surface area contributed by atoms with E-state index in [2.05, 4.69) is 34.6 Å². The fourth-order valence-electron chi connectivity index (χ4n) is 6.93. The van der Waals surface area contributed by atoms with Crippen molar-refractivity contribution in [2.24, 2.45) is 11.8 Å². The first kappa shape index (κ1) is 51.4. The second-order valence-electron chi connectivity index (χ2n) is 17.0. The first-order chi connectivity index (χ1) is 25.7. The number of unbranched alkanes of at least 4 members (excludes halogenated alkanes) is 26. The summed E-state index contributed by atoms with van der Waals surface area (Å²) in [4.78, 5) is 37.7. The Hall–Kier alpha value is -1.59. The minimum absolute atomic E-state index is 0.0653. The van der Waals surface area contributed by atoms with E-state index in [0.29, 0.717) is 19.3 Å². The van der Waals surface area contributed by atoms with Gasteiger partial charge in [-0.2, -0.15) is 0 Å². The monoisotopic (exact) mass is 751 g/mol. The van der Waals surface area contributed by atoms with Crippen LogP contribution in [0.1, 0.15) is 253 Å². The van der Waals surface area contributed by atoms with Gasteiger partial charge in [-0.15, -0.1) is 0 Å². The van der Waals surface area contributed by atoms with Gasteiger partial charge in [0.2, 0.25) is 0 Å². The molecular formula is C47H90O6. The number of esters is 3. The maximum atomic E-state index is 12.7. The largest absolute Gasteiger partial charge is 0.462 e. The number of hydrogen-bond donors (Lipinski definition) is 0. The van der Waals surface area contributed by atoms with Crippen molar-refractivity contribution in [1.29, 1.82) is 0 Å². The molecule has 0 rings (SSSR count). The quantitative estimate of drug-likeness (QED) is 0.0352. The Kier molecular flexibility index (Phi) is 38.9. The van der Waals surface area contributed by atoms with Crippen molar-refractivity contribution in [3.63, 3.8) is 0 Å². The molecule has 0 radical (unpaired) electrons. The number of ether oxygens (including phenoxy) is 3. The summed E-state index contributed by atoms with van der Waals surface area (Å²) in [5.41, 5.74) is 0. The van der Waals surface area contributed by atoms with Crippen LogP contribution in [-0.2, 0) is 28.6 Å². The predicted octanol–water partition coefficient (Wildman–Crippen LogP) is 14.6. The van der Waals surface area contributed by atoms with Crippen LogP contribution in [-0.4, -0.2) is 37.2 Å². The van der Waals surface area contributed by atoms with Crippen molar-refractivity contribution >= 4 is 17.9 Å². The maximum absolute atomic E-state index is 12.7. The Morgan fingerprint density at radius 2 is 0.623 bits per heavy atom. The molecule has 0 fully saturated rings. The van der Waals surface area contributed by atoms with Gasteiger partial charge in [0, 0.05) is 19.3 Å². The highest BCUT2D eigenvalue weighted by Gasteiger charge is 2.19. The predicted molar refractivity (Wildman–Crippen MR) is 224 cm³/mol. The lowest BCUT2D eigenvalue weighted by Gasteiger charge is -2.18. The number of carbonyl (C=O) groups excluding carboxylic acids is 3. The molecule has 53 heavy (non-hydrogen) atoms. The molecule has 0 saturated carbocycles. The fourth-order valence-corrected chi connectivity index (χ4v) is 6.93. The van der Waals surface area contributed by atoms with Crippen molar-refractivity contribution in [2.45, 2.75) is 259 Å². The van der Waals surface area contributed by atoms with Crippen molar-refractivity contribution < 1.29 is 28.6 Å². The van der Waals surface area contributed by atoms with Crippen LogP contribution in [0.25, 0.3) is 0 Å². The number of hydrogen-bond acceptors (Lipinski definition) is 6. The van der Waals surface area contributed by atoms with Gasteiger partial charge in [0.25, 0.3) is 0 Å². The van der Waals surface area contributed by atoms with Crippen LogP contribution in [0, 0.1) is 11.8 Å². The summed E-state index contributed by atoms with van der Waals surface area (Å²) in [7, 11) is 0. The lowest BCUT2D eigenvalue weighted by molar-refractivity contribution is -0.167. The Bertz CT molecular complexity index is 809. The molecule has 0 aliphatic carbocycles. The van der Waals surface area contributed by atoms with Crippen LogP contribution in [0.4, 0.5) is 0 Å². The van der Waals surface area contributed by atoms with Gasteiger partial charge in [0.1, 0.15) is 13.2 Å². The lowest BCUT2D eigenvalue weighted by atomic mass is 10.0. The van der Waals surface area contributed by atoms with Crippen LogP contribution in [0.2, 0.25) is 0 Å². The molecule has 0 aliphatic heterocycles. The highest BCUT2D eigenvalue weighted by atomic mass is 16.6. The zero-order valence-electron chi connectivity index (χ0n) is 36.1. The van der Waals surface area contributed by atoms with E-state index < -0.39 is 6.10 Å². The third kappa shape index (κ3) is 41.4. The van der Waals surface area contributed by atoms with Gasteiger partial charge in [-0.05, 0) is 31.1 Å². The lowest BCUT2D eigenvalue weighted by Crippen LogP contribution is -2.30. The molecule has 0 saturated heterocycles. The molecule has 0 amide bonds. The molecule has 0 aliphatic rings. The third-order valence-electron chi connectivity index (χ3n) is 10.5. The van der Waals surface area contributed by atoms with Gasteiger partial charge < -0.3 is 14.2 Å². The van der Waals surface area contributed by atoms with E-state index >= 15 is 0 Å². The molecule has 6 nitrogen and oxygen atoms in total. The summed E-state index contributed by atoms with van der Waals surface area (Å²) < 4.78 is 16.7. The molecule has 0 heterocycles. The Morgan fingerprint density at radius 3 is 0.925 bits per heavy atom. The van der Waals surface area contributed by atoms with Gasteiger partial charge in [-0.1, -0.05) is 214 Å². The third-order valence-corrected chi connectivity index (χ3v) is 10.5. The highest BCUT2D eigenvalue weighted by Crippen LogP contribution is 2.16. The van der Waals surface area contributed by atoms with E-state index in [-0.39, 0.29) is 31.1 Å². The average molecular weight is 751 g/mol. The van der Waals surface area contributed by atoms with Gasteiger partial charge in [-0.3, -0.25) is 14.4 Å². The highest BCUT2D eigenvalue weighted by molar-refractivity contribution is 5.71. The van der Waals surface area contributed by atoms with E-state index in [9.17, 15) is 14.4 Å². The van der Waals surface area contributed by atoms with Crippen LogP contribution in [0.3, 0.4) is 0 Å². The van der Waals surface area contributed by atoms with Gasteiger partial charge >= 0.3 is 17.9 Å². The van der Waals surface area contributed by atoms with E-state index in [1.807, 2.05) is 0 Å². The summed E-state index contributed by atoms with van der Waals surface area (Å²) in [5, 5.41) is 0. The molecule has 314 valence electrons. The first-order valence-corrected chi connectivity index (χ1v) is 23.2. The van der Waals surface area contributed by atoms with Crippen LogP contribution < -0.4 is 0 Å². The molecule has 0 aromatic heterocycles. The average Bonchev–Trinajstić information content (AvgIpc) is 3.12. The van der Waals surface area contributed by atoms with Crippen LogP contribution in [0.5, 0.6) is 0 Å².